The summed E-state index contributed by atoms with van der Waals surface area (Å²) < 4.78 is 40.5. The van der Waals surface area contributed by atoms with Gasteiger partial charge < -0.3 is 153 Å². The van der Waals surface area contributed by atoms with Crippen molar-refractivity contribution in [2.24, 2.45) is 5.73 Å². The Balaban J connectivity index is 1.03. The largest absolute Gasteiger partial charge is 0.494 e. The number of benzene rings is 3. The Bertz CT molecular complexity index is 3260. The van der Waals surface area contributed by atoms with Gasteiger partial charge in [-0.1, -0.05) is 68.4 Å². The van der Waals surface area contributed by atoms with Gasteiger partial charge >= 0.3 is 0 Å². The first-order valence-corrected chi connectivity index (χ1v) is 32.9. The van der Waals surface area contributed by atoms with Gasteiger partial charge in [0.15, 0.2) is 24.4 Å². The molecule has 38 nitrogen and oxygen atoms in total. The van der Waals surface area contributed by atoms with Crippen LogP contribution in [0.15, 0.2) is 78.9 Å². The van der Waals surface area contributed by atoms with E-state index in [1.165, 1.54) is 30.6 Å². The summed E-state index contributed by atoms with van der Waals surface area (Å²) in [5.41, 5.74) is 7.16. The Labute approximate surface area is 583 Å². The molecule has 38 heteroatoms. The molecule has 0 aliphatic carbocycles. The van der Waals surface area contributed by atoms with Gasteiger partial charge in [0, 0.05) is 25.4 Å². The van der Waals surface area contributed by atoms with Gasteiger partial charge in [0.1, 0.15) is 127 Å². The molecule has 5 aliphatic heterocycles. The lowest BCUT2D eigenvalue weighted by molar-refractivity contribution is -0.353. The average Bonchev–Trinajstić information content (AvgIpc) is 1.39. The van der Waals surface area contributed by atoms with Gasteiger partial charge in [-0.05, 0) is 47.4 Å². The highest BCUT2D eigenvalue weighted by atomic mass is 16.7. The number of nitrogens with one attached hydrogen (secondary N) is 10. The van der Waals surface area contributed by atoms with E-state index in [0.29, 0.717) is 17.9 Å². The molecule has 1 radical (unpaired) electrons. The third-order valence-electron chi connectivity index (χ3n) is 17.9. The zero-order valence-corrected chi connectivity index (χ0v) is 55.4. The molecular formula is C64H91N12O26. The molecule has 25 atom stereocenters. The number of guanidine groups is 2. The van der Waals surface area contributed by atoms with Crippen molar-refractivity contribution < 1.29 is 128 Å². The molecular weight excluding hydrogens is 1350 g/mol. The zero-order chi connectivity index (χ0) is 74.2. The van der Waals surface area contributed by atoms with E-state index in [1.54, 1.807) is 61.5 Å². The van der Waals surface area contributed by atoms with E-state index in [1.807, 2.05) is 6.92 Å². The van der Waals surface area contributed by atoms with E-state index in [2.05, 4.69) is 42.5 Å². The van der Waals surface area contributed by atoms with Crippen LogP contribution in [0.5, 0.6) is 11.5 Å². The summed E-state index contributed by atoms with van der Waals surface area (Å²) in [4.78, 5) is 84.9. The van der Waals surface area contributed by atoms with E-state index < -0.39 is 227 Å². The quantitative estimate of drug-likeness (QED) is 0.0264. The van der Waals surface area contributed by atoms with Crippen LogP contribution in [0, 0.1) is 10.8 Å². The second-order valence-corrected chi connectivity index (χ2v) is 25.1. The monoisotopic (exact) mass is 1440 g/mol. The number of aliphatic hydroxyl groups excluding tert-OH is 13. The maximum Gasteiger partial charge on any atom is 0.246 e. The maximum absolute atomic E-state index is 15.2. The van der Waals surface area contributed by atoms with Crippen LogP contribution in [0.2, 0.25) is 0 Å². The van der Waals surface area contributed by atoms with Gasteiger partial charge in [-0.3, -0.25) is 39.6 Å². The molecule has 5 aliphatic rings. The van der Waals surface area contributed by atoms with Gasteiger partial charge in [0.05, 0.1) is 58.3 Å². The second-order valence-electron chi connectivity index (χ2n) is 25.1. The van der Waals surface area contributed by atoms with E-state index in [0.717, 1.165) is 16.9 Å². The minimum Gasteiger partial charge on any atom is -0.494 e. The Kier molecular flexibility index (Phi) is 28.9. The average molecular weight is 1440 g/mol. The fourth-order valence-corrected chi connectivity index (χ4v) is 12.1. The summed E-state index contributed by atoms with van der Waals surface area (Å²) in [6, 6.07) is 8.16. The molecule has 25 N–H and O–H groups in total. The first-order chi connectivity index (χ1) is 48.7. The van der Waals surface area contributed by atoms with Crippen molar-refractivity contribution in [1.82, 2.24) is 47.4 Å². The number of hydrogen-bond acceptors (Lipinski definition) is 29. The van der Waals surface area contributed by atoms with E-state index in [4.69, 9.17) is 49.7 Å². The molecule has 5 saturated heterocycles. The molecule has 102 heavy (non-hydrogen) atoms. The SMILES string of the molecule is CCCOc1ccc(COCC2OC(OC3C(CO)OC(Oc4ccc(CC(NC(=O)C(NC(=O)CN)C(C)c5ccccc5)C(=O)NC(C(=O)NC(C(=O)NC([C]=O)CO)C(O)C5CNC(=N)N5C5OC(CO)C(O)C(O)C5O)C(O)C5CNC(=N)N5)cc4)C(O)C3O)C(O)C(O)C2O)cc1. The first-order valence-electron chi connectivity index (χ1n) is 32.9. The van der Waals surface area contributed by atoms with Gasteiger partial charge in [0.2, 0.25) is 42.1 Å². The zero-order valence-electron chi connectivity index (χ0n) is 55.4. The molecule has 5 fully saturated rings. The summed E-state index contributed by atoms with van der Waals surface area (Å²) in [7, 11) is 0. The van der Waals surface area contributed by atoms with Gasteiger partial charge in [0.25, 0.3) is 0 Å². The molecule has 5 heterocycles. The van der Waals surface area contributed by atoms with Crippen molar-refractivity contribution in [3.05, 3.63) is 95.6 Å². The van der Waals surface area contributed by atoms with Crippen LogP contribution in [-0.2, 0) is 65.5 Å². The van der Waals surface area contributed by atoms with Crippen LogP contribution < -0.4 is 57.7 Å². The molecule has 25 unspecified atom stereocenters. The predicted octanol–water partition coefficient (Wildman–Crippen LogP) is -10.2. The highest BCUT2D eigenvalue weighted by Crippen LogP contribution is 2.33. The highest BCUT2D eigenvalue weighted by molar-refractivity contribution is 5.97. The number of carbonyl (C=O) groups is 5. The van der Waals surface area contributed by atoms with E-state index in [9.17, 15) is 85.6 Å². The Morgan fingerprint density at radius 1 is 0.657 bits per heavy atom. The molecule has 563 valence electrons. The lowest BCUT2D eigenvalue weighted by Gasteiger charge is -2.46. The maximum atomic E-state index is 15.2. The first kappa shape index (κ1) is 79.8. The van der Waals surface area contributed by atoms with Crippen molar-refractivity contribution >= 4 is 47.7 Å². The van der Waals surface area contributed by atoms with Crippen molar-refractivity contribution in [2.75, 3.05) is 52.7 Å². The van der Waals surface area contributed by atoms with Gasteiger partial charge in [-0.2, -0.15) is 0 Å². The van der Waals surface area contributed by atoms with Crippen LogP contribution in [0.1, 0.15) is 42.9 Å². The fourth-order valence-electron chi connectivity index (χ4n) is 12.1. The molecule has 0 bridgehead atoms. The summed E-state index contributed by atoms with van der Waals surface area (Å²) in [6.45, 7) is -0.357. The summed E-state index contributed by atoms with van der Waals surface area (Å²) in [5.74, 6) is -7.14. The molecule has 8 rings (SSSR count). The van der Waals surface area contributed by atoms with Crippen LogP contribution >= 0.6 is 0 Å². The summed E-state index contributed by atoms with van der Waals surface area (Å²) >= 11 is 0. The number of nitrogens with two attached hydrogens (primary N) is 1. The van der Waals surface area contributed by atoms with Crippen molar-refractivity contribution in [2.45, 2.75) is 186 Å². The minimum absolute atomic E-state index is 0.0472. The van der Waals surface area contributed by atoms with E-state index in [-0.39, 0.29) is 37.0 Å². The lowest BCUT2D eigenvalue weighted by Crippen LogP contribution is -2.69. The molecule has 3 aromatic rings. The Morgan fingerprint density at radius 2 is 1.25 bits per heavy atom. The van der Waals surface area contributed by atoms with Crippen molar-refractivity contribution in [3.8, 4) is 11.5 Å². The number of nitrogens with zero attached hydrogens (tertiary/aromatic N) is 1. The number of ether oxygens (including phenoxy) is 7. The van der Waals surface area contributed by atoms with Crippen LogP contribution in [0.4, 0.5) is 0 Å². The minimum atomic E-state index is -2.33. The van der Waals surface area contributed by atoms with Crippen LogP contribution in [0.3, 0.4) is 0 Å². The second kappa shape index (κ2) is 37.0. The topological polar surface area (TPSA) is 603 Å². The number of aliphatic hydroxyl groups is 13. The summed E-state index contributed by atoms with van der Waals surface area (Å²) in [6.07, 6.45) is -29.4. The summed E-state index contributed by atoms with van der Waals surface area (Å²) in [5, 5.41) is 179. The number of carbonyl (C=O) groups excluding carboxylic acids is 6. The Morgan fingerprint density at radius 3 is 1.88 bits per heavy atom. The number of rotatable bonds is 34. The molecule has 0 saturated carbocycles. The standard InChI is InChI=1S/C64H91N12O26/c1-3-17-97-33-13-11-30(12-14-33)26-96-27-40-48(85)50(87)53(90)62(101-40)102-55-39(25-80)100-61(54(91)51(55)88)98-34-15-9-29(10-16-34)18-35(71-57(93)42(73-41(81)19-65)28(2)31-7-5-4-6-8-31)56(92)74-43(45(82)36-20-68-63(66)72-36)59(95)75-44(58(94)70-32(22-77)23-78)46(83)37-21-69-64(67)76(37)60-52(89)49(86)47(84)38(24-79)99-60/h4-16,28,32,35-40,42-55,60-62,77,79-80,82-91H,3,17-22,24-27,65H2,1-2H3,(H2,67,69)(H,70,94)(H,71,93)(H,73,81)(H,74,92)(H,75,95)(H3,66,68,72). The van der Waals surface area contributed by atoms with Crippen molar-refractivity contribution in [1.29, 1.82) is 10.8 Å². The molecule has 0 aromatic heterocycles. The normalized spacial score (nSPS) is 30.3. The van der Waals surface area contributed by atoms with Crippen LogP contribution in [0.25, 0.3) is 0 Å². The third kappa shape index (κ3) is 19.5. The van der Waals surface area contributed by atoms with Crippen molar-refractivity contribution in [3.63, 3.8) is 0 Å². The van der Waals surface area contributed by atoms with Crippen LogP contribution in [-0.4, -0.2) is 318 Å². The molecule has 3 aromatic carbocycles. The molecule has 5 amide bonds. The molecule has 0 spiro atoms. The number of hydrogen-bond donors (Lipinski definition) is 24. The fraction of sp³-hybridized carbons (Fsp3) is 0.594. The number of amides is 5. The van der Waals surface area contributed by atoms with Gasteiger partial charge in [-0.15, -0.1) is 0 Å². The smallest absolute Gasteiger partial charge is 0.246 e. The van der Waals surface area contributed by atoms with E-state index >= 15 is 9.59 Å². The lowest BCUT2D eigenvalue weighted by atomic mass is 9.92. The Hall–Kier alpha value is -7.94. The van der Waals surface area contributed by atoms with Gasteiger partial charge in [-0.25, -0.2) is 0 Å². The predicted molar refractivity (Wildman–Crippen MR) is 348 cm³/mol. The third-order valence-corrected chi connectivity index (χ3v) is 17.9. The highest BCUT2D eigenvalue weighted by Gasteiger charge is 2.54.